The van der Waals surface area contributed by atoms with Crippen molar-refractivity contribution < 1.29 is 4.79 Å². The highest BCUT2D eigenvalue weighted by atomic mass is 16.1. The van der Waals surface area contributed by atoms with Crippen molar-refractivity contribution in [3.05, 3.63) is 24.0 Å². The van der Waals surface area contributed by atoms with Gasteiger partial charge in [-0.05, 0) is 18.9 Å². The molecule has 1 aliphatic rings. The Labute approximate surface area is 77.3 Å². The van der Waals surface area contributed by atoms with Crippen LogP contribution in [0.1, 0.15) is 29.6 Å². The van der Waals surface area contributed by atoms with Crippen LogP contribution in [0, 0.1) is 5.41 Å². The molecule has 0 aliphatic heterocycles. The lowest BCUT2D eigenvalue weighted by Crippen LogP contribution is -2.44. The molecule has 0 radical (unpaired) electrons. The molecule has 13 heavy (non-hydrogen) atoms. The highest BCUT2D eigenvalue weighted by Gasteiger charge is 2.42. The molecule has 1 aromatic rings. The van der Waals surface area contributed by atoms with E-state index >= 15 is 0 Å². The Bertz CT molecular complexity index is 293. The smallest absolute Gasteiger partial charge is 0.171 e. The third-order valence-electron chi connectivity index (χ3n) is 3.04. The molecule has 0 bridgehead atoms. The van der Waals surface area contributed by atoms with Crippen LogP contribution in [0.25, 0.3) is 0 Å². The summed E-state index contributed by atoms with van der Waals surface area (Å²) in [5, 5.41) is 0. The van der Waals surface area contributed by atoms with Gasteiger partial charge < -0.3 is 10.7 Å². The monoisotopic (exact) mass is 178 g/mol. The summed E-state index contributed by atoms with van der Waals surface area (Å²) in [6.45, 7) is 0.483. The van der Waals surface area contributed by atoms with Crippen LogP contribution in [-0.4, -0.2) is 17.3 Å². The number of carbonyl (C=O) groups is 1. The summed E-state index contributed by atoms with van der Waals surface area (Å²) in [7, 11) is 0. The Hall–Kier alpha value is -1.09. The highest BCUT2D eigenvalue weighted by molar-refractivity contribution is 6.01. The molecule has 1 heterocycles. The molecule has 2 rings (SSSR count). The zero-order valence-electron chi connectivity index (χ0n) is 7.55. The number of hydrogen-bond acceptors (Lipinski definition) is 2. The topological polar surface area (TPSA) is 58.9 Å². The molecular formula is C10H14N2O. The van der Waals surface area contributed by atoms with E-state index in [4.69, 9.17) is 5.73 Å². The standard InChI is InChI=1S/C10H14N2O/c11-7-10(3-1-4-10)9(13)8-2-5-12-6-8/h2,5-6,12H,1,3-4,7,11H2. The number of rotatable bonds is 3. The molecule has 3 nitrogen and oxygen atoms in total. The van der Waals surface area contributed by atoms with Crippen molar-refractivity contribution in [2.45, 2.75) is 19.3 Å². The second-order valence-electron chi connectivity index (χ2n) is 3.77. The van der Waals surface area contributed by atoms with Crippen LogP contribution in [0.3, 0.4) is 0 Å². The molecule has 70 valence electrons. The fraction of sp³-hybridized carbons (Fsp3) is 0.500. The molecule has 0 saturated heterocycles. The predicted octanol–water partition coefficient (Wildman–Crippen LogP) is 1.33. The fourth-order valence-corrected chi connectivity index (χ4v) is 1.90. The Morgan fingerprint density at radius 1 is 1.62 bits per heavy atom. The number of nitrogens with one attached hydrogen (secondary N) is 1. The molecule has 0 atom stereocenters. The minimum Gasteiger partial charge on any atom is -0.367 e. The molecule has 0 amide bonds. The lowest BCUT2D eigenvalue weighted by molar-refractivity contribution is 0.0636. The normalized spacial score (nSPS) is 19.5. The molecular weight excluding hydrogens is 164 g/mol. The van der Waals surface area contributed by atoms with E-state index in [0.717, 1.165) is 24.8 Å². The maximum absolute atomic E-state index is 11.9. The van der Waals surface area contributed by atoms with Gasteiger partial charge in [-0.3, -0.25) is 4.79 Å². The molecule has 1 saturated carbocycles. The van der Waals surface area contributed by atoms with Crippen LogP contribution in [0.4, 0.5) is 0 Å². The number of Topliss-reactive ketones (excluding diaryl/α,β-unsaturated/α-hetero) is 1. The van der Waals surface area contributed by atoms with Gasteiger partial charge in [0, 0.05) is 29.9 Å². The summed E-state index contributed by atoms with van der Waals surface area (Å²) in [5.41, 5.74) is 6.18. The molecule has 3 heteroatoms. The number of ketones is 1. The van der Waals surface area contributed by atoms with Crippen LogP contribution in [0.2, 0.25) is 0 Å². The largest absolute Gasteiger partial charge is 0.367 e. The molecule has 1 aromatic heterocycles. The average Bonchev–Trinajstić information content (AvgIpc) is 2.54. The first kappa shape index (κ1) is 8.51. The van der Waals surface area contributed by atoms with Crippen molar-refractivity contribution in [1.29, 1.82) is 0 Å². The quantitative estimate of drug-likeness (QED) is 0.686. The van der Waals surface area contributed by atoms with Crippen LogP contribution < -0.4 is 5.73 Å². The summed E-state index contributed by atoms with van der Waals surface area (Å²) in [4.78, 5) is 14.8. The van der Waals surface area contributed by atoms with E-state index in [1.54, 1.807) is 12.4 Å². The van der Waals surface area contributed by atoms with Gasteiger partial charge >= 0.3 is 0 Å². The van der Waals surface area contributed by atoms with E-state index in [9.17, 15) is 4.79 Å². The Morgan fingerprint density at radius 3 is 2.77 bits per heavy atom. The van der Waals surface area contributed by atoms with E-state index < -0.39 is 0 Å². The predicted molar refractivity (Wildman–Crippen MR) is 50.5 cm³/mol. The Kier molecular flexibility index (Phi) is 1.96. The maximum Gasteiger partial charge on any atom is 0.171 e. The number of aromatic nitrogens is 1. The first-order chi connectivity index (χ1) is 6.28. The lowest BCUT2D eigenvalue weighted by Gasteiger charge is -2.39. The van der Waals surface area contributed by atoms with Gasteiger partial charge in [0.25, 0.3) is 0 Å². The first-order valence-electron chi connectivity index (χ1n) is 4.66. The molecule has 1 fully saturated rings. The molecule has 0 unspecified atom stereocenters. The van der Waals surface area contributed by atoms with Gasteiger partial charge in [0.05, 0.1) is 0 Å². The minimum atomic E-state index is -0.234. The SMILES string of the molecule is NCC1(C(=O)c2cc[nH]c2)CCC1. The Morgan fingerprint density at radius 2 is 2.38 bits per heavy atom. The summed E-state index contributed by atoms with van der Waals surface area (Å²) in [5.74, 6) is 0.211. The van der Waals surface area contributed by atoms with Crippen LogP contribution in [0.15, 0.2) is 18.5 Å². The van der Waals surface area contributed by atoms with Gasteiger partial charge in [-0.25, -0.2) is 0 Å². The summed E-state index contributed by atoms with van der Waals surface area (Å²) in [6, 6.07) is 1.82. The van der Waals surface area contributed by atoms with E-state index in [1.807, 2.05) is 6.07 Å². The third-order valence-corrected chi connectivity index (χ3v) is 3.04. The van der Waals surface area contributed by atoms with Crippen LogP contribution in [-0.2, 0) is 0 Å². The van der Waals surface area contributed by atoms with Gasteiger partial charge in [-0.1, -0.05) is 6.42 Å². The van der Waals surface area contributed by atoms with Gasteiger partial charge in [-0.2, -0.15) is 0 Å². The van der Waals surface area contributed by atoms with Crippen molar-refractivity contribution >= 4 is 5.78 Å². The molecule has 3 N–H and O–H groups in total. The minimum absolute atomic E-state index is 0.211. The summed E-state index contributed by atoms with van der Waals surface area (Å²) in [6.07, 6.45) is 6.56. The van der Waals surface area contributed by atoms with Gasteiger partial charge in [0.1, 0.15) is 0 Å². The van der Waals surface area contributed by atoms with Crippen molar-refractivity contribution in [3.63, 3.8) is 0 Å². The maximum atomic E-state index is 11.9. The van der Waals surface area contributed by atoms with Crippen molar-refractivity contribution in [1.82, 2.24) is 4.98 Å². The van der Waals surface area contributed by atoms with Gasteiger partial charge in [0.15, 0.2) is 5.78 Å². The summed E-state index contributed by atoms with van der Waals surface area (Å²) < 4.78 is 0. The van der Waals surface area contributed by atoms with Crippen molar-refractivity contribution in [3.8, 4) is 0 Å². The number of aromatic amines is 1. The lowest BCUT2D eigenvalue weighted by atomic mass is 9.65. The second kappa shape index (κ2) is 3.00. The number of nitrogens with two attached hydrogens (primary N) is 1. The Balaban J connectivity index is 2.21. The molecule has 0 aromatic carbocycles. The van der Waals surface area contributed by atoms with E-state index in [1.165, 1.54) is 0 Å². The summed E-state index contributed by atoms with van der Waals surface area (Å²) >= 11 is 0. The first-order valence-corrected chi connectivity index (χ1v) is 4.66. The molecule has 1 aliphatic carbocycles. The van der Waals surface area contributed by atoms with Crippen molar-refractivity contribution in [2.24, 2.45) is 11.1 Å². The zero-order chi connectivity index (χ0) is 9.31. The van der Waals surface area contributed by atoms with Crippen LogP contribution >= 0.6 is 0 Å². The van der Waals surface area contributed by atoms with Gasteiger partial charge in [-0.15, -0.1) is 0 Å². The number of hydrogen-bond donors (Lipinski definition) is 2. The van der Waals surface area contributed by atoms with Crippen molar-refractivity contribution in [2.75, 3.05) is 6.54 Å². The van der Waals surface area contributed by atoms with E-state index in [0.29, 0.717) is 6.54 Å². The zero-order valence-corrected chi connectivity index (χ0v) is 7.55. The van der Waals surface area contributed by atoms with E-state index in [2.05, 4.69) is 4.98 Å². The van der Waals surface area contributed by atoms with Gasteiger partial charge in [0.2, 0.25) is 0 Å². The average molecular weight is 178 g/mol. The van der Waals surface area contributed by atoms with E-state index in [-0.39, 0.29) is 11.2 Å². The fourth-order valence-electron chi connectivity index (χ4n) is 1.90. The van der Waals surface area contributed by atoms with Crippen LogP contribution in [0.5, 0.6) is 0 Å². The second-order valence-corrected chi connectivity index (χ2v) is 3.77. The third kappa shape index (κ3) is 1.20. The number of H-pyrrole nitrogens is 1. The molecule has 0 spiro atoms. The highest BCUT2D eigenvalue weighted by Crippen LogP contribution is 2.42. The number of carbonyl (C=O) groups excluding carboxylic acids is 1.